The number of aryl methyl sites for hydroxylation is 1. The lowest BCUT2D eigenvalue weighted by atomic mass is 10.1. The second-order valence-electron chi connectivity index (χ2n) is 8.35. The van der Waals surface area contributed by atoms with Crippen LogP contribution in [0.1, 0.15) is 11.3 Å². The van der Waals surface area contributed by atoms with Gasteiger partial charge >= 0.3 is 0 Å². The molecule has 0 radical (unpaired) electrons. The fourth-order valence-corrected chi connectivity index (χ4v) is 3.99. The Hall–Kier alpha value is -4.99. The monoisotopic (exact) mass is 494 g/mol. The highest BCUT2D eigenvalue weighted by Crippen LogP contribution is 2.37. The molecule has 0 unspecified atom stereocenters. The Balaban J connectivity index is 1.30. The van der Waals surface area contributed by atoms with Gasteiger partial charge in [0, 0.05) is 17.7 Å². The number of furan rings is 1. The van der Waals surface area contributed by atoms with E-state index < -0.39 is 0 Å². The molecule has 0 atom stereocenters. The van der Waals surface area contributed by atoms with Crippen LogP contribution in [0.5, 0.6) is 17.4 Å². The van der Waals surface area contributed by atoms with Gasteiger partial charge in [-0.05, 0) is 24.6 Å². The van der Waals surface area contributed by atoms with Gasteiger partial charge in [-0.15, -0.1) is 0 Å². The second kappa shape index (κ2) is 9.23. The van der Waals surface area contributed by atoms with E-state index in [1.165, 1.54) is 0 Å². The number of ether oxygens (including phenoxy) is 3. The Labute approximate surface area is 211 Å². The van der Waals surface area contributed by atoms with E-state index in [-0.39, 0.29) is 0 Å². The Morgan fingerprint density at radius 1 is 0.919 bits per heavy atom. The van der Waals surface area contributed by atoms with E-state index >= 15 is 0 Å². The molecule has 0 aliphatic rings. The quantitative estimate of drug-likeness (QED) is 0.306. The van der Waals surface area contributed by atoms with E-state index in [0.717, 1.165) is 27.9 Å². The van der Waals surface area contributed by atoms with Gasteiger partial charge in [-0.2, -0.15) is 5.10 Å². The average molecular weight is 495 g/mol. The zero-order valence-corrected chi connectivity index (χ0v) is 20.4. The maximum atomic E-state index is 6.25. The summed E-state index contributed by atoms with van der Waals surface area (Å²) in [5, 5.41) is 5.22. The maximum Gasteiger partial charge on any atom is 0.251 e. The van der Waals surface area contributed by atoms with Crippen molar-refractivity contribution in [2.45, 2.75) is 13.5 Å². The van der Waals surface area contributed by atoms with Crippen LogP contribution in [0.2, 0.25) is 0 Å². The van der Waals surface area contributed by atoms with Gasteiger partial charge in [0.25, 0.3) is 5.78 Å². The molecule has 10 nitrogen and oxygen atoms in total. The fraction of sp³-hybridized carbons (Fsp3) is 0.148. The lowest BCUT2D eigenvalue weighted by Crippen LogP contribution is -1.97. The van der Waals surface area contributed by atoms with Crippen molar-refractivity contribution in [1.29, 1.82) is 0 Å². The molecule has 10 heteroatoms. The van der Waals surface area contributed by atoms with Crippen molar-refractivity contribution >= 4 is 16.7 Å². The molecule has 6 rings (SSSR count). The highest BCUT2D eigenvalue weighted by molar-refractivity contribution is 5.89. The molecule has 0 saturated heterocycles. The van der Waals surface area contributed by atoms with Crippen molar-refractivity contribution in [3.05, 3.63) is 78.5 Å². The Morgan fingerprint density at radius 2 is 1.84 bits per heavy atom. The second-order valence-corrected chi connectivity index (χ2v) is 8.35. The first-order valence-corrected chi connectivity index (χ1v) is 11.5. The number of rotatable bonds is 7. The molecule has 37 heavy (non-hydrogen) atoms. The number of nitrogens with zero attached hydrogens (tertiary/aromatic N) is 6. The molecule has 4 aromatic heterocycles. The smallest absolute Gasteiger partial charge is 0.251 e. The molecule has 4 heterocycles. The molecule has 0 fully saturated rings. The summed E-state index contributed by atoms with van der Waals surface area (Å²) in [6, 6.07) is 13.5. The molecule has 0 aliphatic carbocycles. The molecule has 0 bridgehead atoms. The molecule has 0 aliphatic heterocycles. The molecule has 0 spiro atoms. The van der Waals surface area contributed by atoms with Crippen LogP contribution in [-0.2, 0) is 6.61 Å². The van der Waals surface area contributed by atoms with Crippen molar-refractivity contribution in [3.63, 3.8) is 0 Å². The predicted molar refractivity (Wildman–Crippen MR) is 136 cm³/mol. The van der Waals surface area contributed by atoms with Gasteiger partial charge in [-0.25, -0.2) is 24.5 Å². The Morgan fingerprint density at radius 3 is 2.65 bits per heavy atom. The maximum absolute atomic E-state index is 6.25. The minimum Gasteiger partial charge on any atom is -0.496 e. The van der Waals surface area contributed by atoms with Crippen LogP contribution in [0, 0.1) is 6.92 Å². The van der Waals surface area contributed by atoms with Crippen molar-refractivity contribution in [2.24, 2.45) is 0 Å². The first-order valence-electron chi connectivity index (χ1n) is 11.5. The third kappa shape index (κ3) is 4.40. The predicted octanol–water partition coefficient (Wildman–Crippen LogP) is 4.90. The van der Waals surface area contributed by atoms with E-state index in [1.807, 2.05) is 49.4 Å². The number of imidazole rings is 1. The summed E-state index contributed by atoms with van der Waals surface area (Å²) in [6.07, 6.45) is 6.75. The topological polar surface area (TPSA) is 110 Å². The lowest BCUT2D eigenvalue weighted by Gasteiger charge is -2.10. The summed E-state index contributed by atoms with van der Waals surface area (Å²) < 4.78 is 24.6. The third-order valence-electron chi connectivity index (χ3n) is 5.82. The molecular weight excluding hydrogens is 472 g/mol. The zero-order valence-electron chi connectivity index (χ0n) is 20.4. The van der Waals surface area contributed by atoms with Crippen LogP contribution in [0.25, 0.3) is 39.5 Å². The molecule has 6 aromatic rings. The standard InChI is InChI=1S/C27H22N6O4/c1-16-11-30-27-31-22(14-33(27)32-16)25-10-20-23(8-19(34-2)9-24(20)37-25)36-15-17-5-4-6-18(7-17)21-12-29-26(35-3)13-28-21/h4-14H,15H2,1-3H3. The van der Waals surface area contributed by atoms with Gasteiger partial charge in [0.1, 0.15) is 29.4 Å². The number of aromatic nitrogens is 6. The average Bonchev–Trinajstić information content (AvgIpc) is 3.56. The lowest BCUT2D eigenvalue weighted by molar-refractivity contribution is 0.307. The highest BCUT2D eigenvalue weighted by atomic mass is 16.5. The fourth-order valence-electron chi connectivity index (χ4n) is 3.99. The number of benzene rings is 2. The molecule has 0 amide bonds. The summed E-state index contributed by atoms with van der Waals surface area (Å²) in [6.45, 7) is 2.21. The van der Waals surface area contributed by atoms with E-state index in [0.29, 0.717) is 46.8 Å². The highest BCUT2D eigenvalue weighted by Gasteiger charge is 2.16. The van der Waals surface area contributed by atoms with Crippen LogP contribution >= 0.6 is 0 Å². The van der Waals surface area contributed by atoms with E-state index in [2.05, 4.69) is 25.0 Å². The SMILES string of the molecule is COc1cc(OCc2cccc(-c3cnc(OC)cn3)c2)c2cc(-c3cn4nc(C)cnc4n3)oc2c1. The summed E-state index contributed by atoms with van der Waals surface area (Å²) in [5.74, 6) is 2.81. The van der Waals surface area contributed by atoms with Crippen molar-refractivity contribution in [1.82, 2.24) is 29.5 Å². The van der Waals surface area contributed by atoms with Crippen molar-refractivity contribution in [3.8, 4) is 40.1 Å². The largest absolute Gasteiger partial charge is 0.496 e. The summed E-state index contributed by atoms with van der Waals surface area (Å²) in [7, 11) is 3.17. The van der Waals surface area contributed by atoms with Gasteiger partial charge in [0.2, 0.25) is 5.88 Å². The number of hydrogen-bond donors (Lipinski definition) is 0. The minimum absolute atomic E-state index is 0.335. The first-order chi connectivity index (χ1) is 18.1. The van der Waals surface area contributed by atoms with Crippen LogP contribution in [-0.4, -0.2) is 43.8 Å². The van der Waals surface area contributed by atoms with Gasteiger partial charge in [0.05, 0.1) is 55.8 Å². The number of fused-ring (bicyclic) bond motifs is 2. The zero-order chi connectivity index (χ0) is 25.4. The van der Waals surface area contributed by atoms with E-state index in [4.69, 9.17) is 18.6 Å². The molecular formula is C27H22N6O4. The van der Waals surface area contributed by atoms with Crippen LogP contribution < -0.4 is 14.2 Å². The number of hydrogen-bond acceptors (Lipinski definition) is 9. The third-order valence-corrected chi connectivity index (χ3v) is 5.82. The van der Waals surface area contributed by atoms with E-state index in [1.54, 1.807) is 43.5 Å². The summed E-state index contributed by atoms with van der Waals surface area (Å²) in [5.41, 5.74) is 4.70. The molecule has 2 aromatic carbocycles. The Bertz CT molecular complexity index is 1730. The number of methoxy groups -OCH3 is 2. The van der Waals surface area contributed by atoms with Gasteiger partial charge in [-0.1, -0.05) is 18.2 Å². The minimum atomic E-state index is 0.335. The van der Waals surface area contributed by atoms with Crippen molar-refractivity contribution in [2.75, 3.05) is 14.2 Å². The Kier molecular flexibility index (Phi) is 5.61. The van der Waals surface area contributed by atoms with Crippen molar-refractivity contribution < 1.29 is 18.6 Å². The molecule has 0 saturated carbocycles. The summed E-state index contributed by atoms with van der Waals surface area (Å²) in [4.78, 5) is 17.5. The van der Waals surface area contributed by atoms with Crippen LogP contribution in [0.3, 0.4) is 0 Å². The first kappa shape index (κ1) is 22.5. The van der Waals surface area contributed by atoms with E-state index in [9.17, 15) is 0 Å². The van der Waals surface area contributed by atoms with Gasteiger partial charge < -0.3 is 18.6 Å². The van der Waals surface area contributed by atoms with Crippen LogP contribution in [0.4, 0.5) is 0 Å². The summed E-state index contributed by atoms with van der Waals surface area (Å²) >= 11 is 0. The molecule has 0 N–H and O–H groups in total. The van der Waals surface area contributed by atoms with Gasteiger partial charge in [-0.3, -0.25) is 0 Å². The molecule has 184 valence electrons. The van der Waals surface area contributed by atoms with Gasteiger partial charge in [0.15, 0.2) is 5.76 Å². The van der Waals surface area contributed by atoms with Crippen LogP contribution in [0.15, 0.2) is 71.7 Å². The normalized spacial score (nSPS) is 11.2.